The van der Waals surface area contributed by atoms with Crippen LogP contribution in [0.4, 0.5) is 0 Å². The normalized spacial score (nSPS) is 10.4. The summed E-state index contributed by atoms with van der Waals surface area (Å²) in [5, 5.41) is 3.86. The molecule has 0 saturated heterocycles. The summed E-state index contributed by atoms with van der Waals surface area (Å²) in [4.78, 5) is 10.6. The number of rotatable bonds is 6. The minimum Gasteiger partial charge on any atom is -0.486 e. The molecule has 2 rings (SSSR count). The summed E-state index contributed by atoms with van der Waals surface area (Å²) < 4.78 is 16.3. The summed E-state index contributed by atoms with van der Waals surface area (Å²) in [5.74, 6) is 1.29. The molecule has 1 aromatic carbocycles. The molecule has 6 heteroatoms. The number of aldehydes is 1. The van der Waals surface area contributed by atoms with E-state index in [-0.39, 0.29) is 6.61 Å². The van der Waals surface area contributed by atoms with E-state index in [1.54, 1.807) is 31.4 Å². The Bertz CT molecular complexity index is 568. The average molecular weight is 326 g/mol. The van der Waals surface area contributed by atoms with E-state index >= 15 is 0 Å². The zero-order valence-corrected chi connectivity index (χ0v) is 11.8. The fourth-order valence-electron chi connectivity index (χ4n) is 1.49. The first kappa shape index (κ1) is 13.8. The SMILES string of the molecule is COCc1cc(COc2ccc(C=O)cc2Br)no1. The average Bonchev–Trinajstić information content (AvgIpc) is 2.85. The quantitative estimate of drug-likeness (QED) is 0.764. The van der Waals surface area contributed by atoms with Crippen molar-refractivity contribution in [2.75, 3.05) is 7.11 Å². The highest BCUT2D eigenvalue weighted by Crippen LogP contribution is 2.26. The summed E-state index contributed by atoms with van der Waals surface area (Å²) in [6, 6.07) is 6.88. The van der Waals surface area contributed by atoms with Gasteiger partial charge < -0.3 is 14.0 Å². The monoisotopic (exact) mass is 325 g/mol. The largest absolute Gasteiger partial charge is 0.486 e. The van der Waals surface area contributed by atoms with E-state index in [9.17, 15) is 4.79 Å². The van der Waals surface area contributed by atoms with Gasteiger partial charge in [0, 0.05) is 18.7 Å². The Morgan fingerprint density at radius 1 is 1.37 bits per heavy atom. The highest BCUT2D eigenvalue weighted by Gasteiger charge is 2.07. The van der Waals surface area contributed by atoms with E-state index in [0.29, 0.717) is 29.4 Å². The van der Waals surface area contributed by atoms with Crippen molar-refractivity contribution in [3.05, 3.63) is 45.8 Å². The summed E-state index contributed by atoms with van der Waals surface area (Å²) >= 11 is 3.34. The topological polar surface area (TPSA) is 61.6 Å². The summed E-state index contributed by atoms with van der Waals surface area (Å²) in [5.41, 5.74) is 1.27. The lowest BCUT2D eigenvalue weighted by molar-refractivity contribution is 0.112. The second kappa shape index (κ2) is 6.49. The van der Waals surface area contributed by atoms with Gasteiger partial charge >= 0.3 is 0 Å². The lowest BCUT2D eigenvalue weighted by atomic mass is 10.2. The molecule has 0 bridgehead atoms. The number of carbonyl (C=O) groups excluding carboxylic acids is 1. The molecule has 0 aliphatic carbocycles. The van der Waals surface area contributed by atoms with Gasteiger partial charge in [-0.15, -0.1) is 0 Å². The van der Waals surface area contributed by atoms with Crippen LogP contribution in [0.5, 0.6) is 5.75 Å². The highest BCUT2D eigenvalue weighted by molar-refractivity contribution is 9.10. The van der Waals surface area contributed by atoms with Gasteiger partial charge in [0.1, 0.15) is 30.9 Å². The molecule has 0 radical (unpaired) electrons. The Balaban J connectivity index is 1.99. The van der Waals surface area contributed by atoms with Crippen molar-refractivity contribution in [3.8, 4) is 5.75 Å². The van der Waals surface area contributed by atoms with E-state index in [4.69, 9.17) is 14.0 Å². The Hall–Kier alpha value is -1.66. The standard InChI is InChI=1S/C13H12BrNO4/c1-17-8-11-5-10(15-19-11)7-18-13-3-2-9(6-16)4-12(13)14/h2-6H,7-8H2,1H3. The minimum absolute atomic E-state index is 0.284. The second-order valence-electron chi connectivity index (χ2n) is 3.81. The van der Waals surface area contributed by atoms with Crippen molar-refractivity contribution in [1.82, 2.24) is 5.16 Å². The van der Waals surface area contributed by atoms with Crippen molar-refractivity contribution in [3.63, 3.8) is 0 Å². The second-order valence-corrected chi connectivity index (χ2v) is 4.67. The molecule has 0 spiro atoms. The maximum absolute atomic E-state index is 10.6. The number of nitrogens with zero attached hydrogens (tertiary/aromatic N) is 1. The zero-order valence-electron chi connectivity index (χ0n) is 10.3. The summed E-state index contributed by atoms with van der Waals surface area (Å²) in [6.45, 7) is 0.664. The molecule has 0 aliphatic rings. The molecule has 0 amide bonds. The molecule has 0 unspecified atom stereocenters. The predicted molar refractivity (Wildman–Crippen MR) is 71.1 cm³/mol. The molecule has 0 atom stereocenters. The van der Waals surface area contributed by atoms with Gasteiger partial charge in [-0.1, -0.05) is 5.16 Å². The number of ether oxygens (including phenoxy) is 2. The van der Waals surface area contributed by atoms with Crippen LogP contribution in [0.25, 0.3) is 0 Å². The van der Waals surface area contributed by atoms with Gasteiger partial charge in [0.2, 0.25) is 0 Å². The number of hydrogen-bond acceptors (Lipinski definition) is 5. The first-order valence-electron chi connectivity index (χ1n) is 5.54. The van der Waals surface area contributed by atoms with Crippen molar-refractivity contribution < 1.29 is 18.8 Å². The predicted octanol–water partition coefficient (Wildman–Crippen LogP) is 2.98. The van der Waals surface area contributed by atoms with Gasteiger partial charge in [-0.05, 0) is 34.1 Å². The molecular formula is C13H12BrNO4. The Morgan fingerprint density at radius 2 is 2.21 bits per heavy atom. The number of benzene rings is 1. The molecule has 0 N–H and O–H groups in total. The molecule has 1 aromatic heterocycles. The van der Waals surface area contributed by atoms with E-state index in [1.165, 1.54) is 0 Å². The van der Waals surface area contributed by atoms with Gasteiger partial charge in [-0.25, -0.2) is 0 Å². The maximum Gasteiger partial charge on any atom is 0.162 e. The minimum atomic E-state index is 0.284. The Labute approximate surface area is 118 Å². The van der Waals surface area contributed by atoms with Crippen LogP contribution in [0.1, 0.15) is 21.8 Å². The van der Waals surface area contributed by atoms with Gasteiger partial charge in [0.05, 0.1) is 4.47 Å². The van der Waals surface area contributed by atoms with Gasteiger partial charge in [0.25, 0.3) is 0 Å². The third kappa shape index (κ3) is 3.65. The van der Waals surface area contributed by atoms with Crippen LogP contribution in [-0.4, -0.2) is 18.6 Å². The van der Waals surface area contributed by atoms with Crippen LogP contribution in [0, 0.1) is 0 Å². The molecular weight excluding hydrogens is 314 g/mol. The smallest absolute Gasteiger partial charge is 0.162 e. The summed E-state index contributed by atoms with van der Waals surface area (Å²) in [7, 11) is 1.59. The van der Waals surface area contributed by atoms with Crippen LogP contribution < -0.4 is 4.74 Å². The summed E-state index contributed by atoms with van der Waals surface area (Å²) in [6.07, 6.45) is 0.781. The number of halogens is 1. The van der Waals surface area contributed by atoms with Crippen LogP contribution in [0.3, 0.4) is 0 Å². The lowest BCUT2D eigenvalue weighted by Crippen LogP contribution is -1.96. The van der Waals surface area contributed by atoms with Crippen molar-refractivity contribution in [2.45, 2.75) is 13.2 Å². The van der Waals surface area contributed by atoms with Crippen LogP contribution in [-0.2, 0) is 18.0 Å². The number of aromatic nitrogens is 1. The maximum atomic E-state index is 10.6. The van der Waals surface area contributed by atoms with E-state index in [1.807, 2.05) is 0 Å². The molecule has 1 heterocycles. The number of hydrogen-bond donors (Lipinski definition) is 0. The van der Waals surface area contributed by atoms with E-state index in [0.717, 1.165) is 10.8 Å². The molecule has 2 aromatic rings. The first-order valence-corrected chi connectivity index (χ1v) is 6.33. The molecule has 0 saturated carbocycles. The molecule has 100 valence electrons. The number of methoxy groups -OCH3 is 1. The van der Waals surface area contributed by atoms with Crippen molar-refractivity contribution in [1.29, 1.82) is 0 Å². The third-order valence-corrected chi connectivity index (χ3v) is 2.98. The fourth-order valence-corrected chi connectivity index (χ4v) is 2.00. The van der Waals surface area contributed by atoms with Gasteiger partial charge in [-0.3, -0.25) is 4.79 Å². The van der Waals surface area contributed by atoms with Gasteiger partial charge in [-0.2, -0.15) is 0 Å². The Morgan fingerprint density at radius 3 is 2.89 bits per heavy atom. The fraction of sp³-hybridized carbons (Fsp3) is 0.231. The molecule has 19 heavy (non-hydrogen) atoms. The highest BCUT2D eigenvalue weighted by atomic mass is 79.9. The van der Waals surface area contributed by atoms with Crippen molar-refractivity contribution in [2.24, 2.45) is 0 Å². The van der Waals surface area contributed by atoms with E-state index in [2.05, 4.69) is 21.1 Å². The first-order chi connectivity index (χ1) is 9.22. The van der Waals surface area contributed by atoms with E-state index < -0.39 is 0 Å². The van der Waals surface area contributed by atoms with Crippen LogP contribution >= 0.6 is 15.9 Å². The zero-order chi connectivity index (χ0) is 13.7. The Kier molecular flexibility index (Phi) is 4.70. The molecule has 0 fully saturated rings. The number of carbonyl (C=O) groups is 1. The van der Waals surface area contributed by atoms with Crippen LogP contribution in [0.15, 0.2) is 33.3 Å². The molecule has 5 nitrogen and oxygen atoms in total. The van der Waals surface area contributed by atoms with Crippen LogP contribution in [0.2, 0.25) is 0 Å². The van der Waals surface area contributed by atoms with Gasteiger partial charge in [0.15, 0.2) is 5.76 Å². The van der Waals surface area contributed by atoms with Crippen molar-refractivity contribution >= 4 is 22.2 Å². The molecule has 0 aliphatic heterocycles. The third-order valence-electron chi connectivity index (χ3n) is 2.36. The lowest BCUT2D eigenvalue weighted by Gasteiger charge is -2.06.